The Kier molecular flexibility index (Phi) is 14.3. The summed E-state index contributed by atoms with van der Waals surface area (Å²) in [6, 6.07) is 29.4. The van der Waals surface area contributed by atoms with Crippen LogP contribution in [0.3, 0.4) is 0 Å². The molecule has 4 nitrogen and oxygen atoms in total. The summed E-state index contributed by atoms with van der Waals surface area (Å²) in [5.41, 5.74) is 5.07. The molecule has 200 valence electrons. The van der Waals surface area contributed by atoms with Crippen LogP contribution in [0.4, 0.5) is 0 Å². The first-order valence-corrected chi connectivity index (χ1v) is 14.1. The molecule has 0 spiro atoms. The highest BCUT2D eigenvalue weighted by Gasteiger charge is 2.27. The molecule has 37 heavy (non-hydrogen) atoms. The first kappa shape index (κ1) is 30.3. The second kappa shape index (κ2) is 17.5. The Labute approximate surface area is 225 Å². The molecule has 3 aromatic carbocycles. The molecule has 1 aliphatic rings. The monoisotopic (exact) mass is 501 g/mol. The Morgan fingerprint density at radius 3 is 1.76 bits per heavy atom. The summed E-state index contributed by atoms with van der Waals surface area (Å²) < 4.78 is 0. The lowest BCUT2D eigenvalue weighted by atomic mass is 10.0. The van der Waals surface area contributed by atoms with Gasteiger partial charge in [-0.2, -0.15) is 0 Å². The number of benzene rings is 3. The summed E-state index contributed by atoms with van der Waals surface area (Å²) >= 11 is 0. The summed E-state index contributed by atoms with van der Waals surface area (Å²) in [5, 5.41) is 3.57. The van der Waals surface area contributed by atoms with Crippen LogP contribution in [0.15, 0.2) is 84.9 Å². The van der Waals surface area contributed by atoms with Crippen LogP contribution in [-0.4, -0.2) is 47.9 Å². The normalized spacial score (nSPS) is 14.0. The minimum atomic E-state index is -0.223. The lowest BCUT2D eigenvalue weighted by Crippen LogP contribution is -2.54. The van der Waals surface area contributed by atoms with Crippen molar-refractivity contribution in [2.24, 2.45) is 0 Å². The van der Waals surface area contributed by atoms with Crippen molar-refractivity contribution in [2.75, 3.05) is 26.2 Å². The Bertz CT molecular complexity index is 981. The van der Waals surface area contributed by atoms with Gasteiger partial charge in [-0.1, -0.05) is 120 Å². The highest BCUT2D eigenvalue weighted by Crippen LogP contribution is 2.13. The lowest BCUT2D eigenvalue weighted by Gasteiger charge is -2.36. The van der Waals surface area contributed by atoms with E-state index in [2.05, 4.69) is 83.9 Å². The van der Waals surface area contributed by atoms with Crippen molar-refractivity contribution in [1.29, 1.82) is 0 Å². The number of carbonyl (C=O) groups excluding carboxylic acids is 1. The number of piperazine rings is 1. The fraction of sp³-hybridized carbons (Fsp3) is 0.424. The molecule has 0 bridgehead atoms. The molecule has 1 fully saturated rings. The fourth-order valence-corrected chi connectivity index (χ4v) is 4.42. The van der Waals surface area contributed by atoms with Crippen LogP contribution < -0.4 is 5.32 Å². The molecule has 4 heteroatoms. The molecule has 1 unspecified atom stereocenters. The third-order valence-electron chi connectivity index (χ3n) is 6.50. The number of carbonyl (C=O) groups is 1. The van der Waals surface area contributed by atoms with Crippen molar-refractivity contribution in [3.8, 4) is 0 Å². The van der Waals surface area contributed by atoms with Crippen molar-refractivity contribution < 1.29 is 4.79 Å². The van der Waals surface area contributed by atoms with E-state index in [0.29, 0.717) is 13.0 Å². The number of hydrogen-bond donors (Lipinski definition) is 1. The van der Waals surface area contributed by atoms with Crippen LogP contribution in [-0.2, 0) is 30.7 Å². The summed E-state index contributed by atoms with van der Waals surface area (Å²) in [6.45, 7) is 15.2. The summed E-state index contributed by atoms with van der Waals surface area (Å²) in [6.07, 6.45) is 1.75. The average Bonchev–Trinajstić information content (AvgIpc) is 2.99. The first-order valence-electron chi connectivity index (χ1n) is 14.1. The zero-order valence-electron chi connectivity index (χ0n) is 23.6. The molecule has 0 aromatic heterocycles. The molecule has 1 saturated heterocycles. The second-order valence-electron chi connectivity index (χ2n) is 8.88. The molecule has 1 amide bonds. The Morgan fingerprint density at radius 1 is 0.703 bits per heavy atom. The molecular formula is C33H47N3O. The van der Waals surface area contributed by atoms with Gasteiger partial charge in [0.2, 0.25) is 5.91 Å². The summed E-state index contributed by atoms with van der Waals surface area (Å²) in [4.78, 5) is 18.0. The van der Waals surface area contributed by atoms with E-state index >= 15 is 0 Å². The molecule has 1 atom stereocenters. The van der Waals surface area contributed by atoms with Crippen LogP contribution in [0.5, 0.6) is 0 Å². The molecule has 0 saturated carbocycles. The smallest absolute Gasteiger partial charge is 0.240 e. The Balaban J connectivity index is 0.00000115. The van der Waals surface area contributed by atoms with Crippen molar-refractivity contribution >= 4 is 5.91 Å². The summed E-state index contributed by atoms with van der Waals surface area (Å²) in [5.74, 6) is 0.211. The lowest BCUT2D eigenvalue weighted by molar-refractivity contribution is -0.135. The molecule has 3 aromatic rings. The van der Waals surface area contributed by atoms with Crippen molar-refractivity contribution in [3.05, 3.63) is 107 Å². The van der Waals surface area contributed by atoms with Crippen molar-refractivity contribution in [3.63, 3.8) is 0 Å². The molecule has 0 aliphatic carbocycles. The number of nitrogens with zero attached hydrogens (tertiary/aromatic N) is 2. The van der Waals surface area contributed by atoms with Crippen molar-refractivity contribution in [1.82, 2.24) is 15.1 Å². The Morgan fingerprint density at radius 2 is 1.22 bits per heavy atom. The van der Waals surface area contributed by atoms with Crippen LogP contribution in [0, 0.1) is 0 Å². The van der Waals surface area contributed by atoms with E-state index in [-0.39, 0.29) is 11.9 Å². The van der Waals surface area contributed by atoms with E-state index in [4.69, 9.17) is 0 Å². The van der Waals surface area contributed by atoms with Gasteiger partial charge in [0.1, 0.15) is 0 Å². The van der Waals surface area contributed by atoms with Crippen LogP contribution >= 0.6 is 0 Å². The third-order valence-corrected chi connectivity index (χ3v) is 6.50. The number of aryl methyl sites for hydroxylation is 1. The van der Waals surface area contributed by atoms with Crippen molar-refractivity contribution in [2.45, 2.75) is 66.6 Å². The quantitative estimate of drug-likeness (QED) is 0.371. The predicted molar refractivity (Wildman–Crippen MR) is 158 cm³/mol. The van der Waals surface area contributed by atoms with Gasteiger partial charge in [0.05, 0.1) is 6.04 Å². The molecule has 1 N–H and O–H groups in total. The highest BCUT2D eigenvalue weighted by molar-refractivity contribution is 5.82. The van der Waals surface area contributed by atoms with E-state index < -0.39 is 0 Å². The number of amides is 1. The van der Waals surface area contributed by atoms with Gasteiger partial charge in [0, 0.05) is 39.3 Å². The van der Waals surface area contributed by atoms with E-state index in [0.717, 1.165) is 39.1 Å². The van der Waals surface area contributed by atoms with Gasteiger partial charge in [-0.05, 0) is 35.1 Å². The standard InChI is InChI=1S/C29H35N3O.2C2H6/c1-2-24-13-15-26(16-14-24)22-30-28(21-25-9-5-3-6-10-25)29(33)32-19-17-31(18-20-32)23-27-11-7-4-8-12-27;2*1-2/h3-16,28,30H,2,17-23H2,1H3;2*1-2H3. The van der Waals surface area contributed by atoms with Crippen LogP contribution in [0.1, 0.15) is 56.9 Å². The van der Waals surface area contributed by atoms with Crippen LogP contribution in [0.25, 0.3) is 0 Å². The highest BCUT2D eigenvalue weighted by atomic mass is 16.2. The zero-order valence-corrected chi connectivity index (χ0v) is 23.6. The van der Waals surface area contributed by atoms with Gasteiger partial charge in [-0.25, -0.2) is 0 Å². The third kappa shape index (κ3) is 10.1. The van der Waals surface area contributed by atoms with E-state index in [1.807, 2.05) is 50.8 Å². The van der Waals surface area contributed by atoms with Gasteiger partial charge in [0.15, 0.2) is 0 Å². The summed E-state index contributed by atoms with van der Waals surface area (Å²) in [7, 11) is 0. The molecule has 1 aliphatic heterocycles. The molecular weight excluding hydrogens is 454 g/mol. The van der Waals surface area contributed by atoms with Gasteiger partial charge in [0.25, 0.3) is 0 Å². The number of rotatable bonds is 9. The van der Waals surface area contributed by atoms with Gasteiger partial charge in [-0.3, -0.25) is 9.69 Å². The topological polar surface area (TPSA) is 35.6 Å². The van der Waals surface area contributed by atoms with Gasteiger partial charge >= 0.3 is 0 Å². The maximum atomic E-state index is 13.5. The maximum absolute atomic E-state index is 13.5. The molecule has 4 rings (SSSR count). The van der Waals surface area contributed by atoms with E-state index in [9.17, 15) is 4.79 Å². The number of hydrogen-bond acceptors (Lipinski definition) is 3. The second-order valence-corrected chi connectivity index (χ2v) is 8.88. The largest absolute Gasteiger partial charge is 0.339 e. The van der Waals surface area contributed by atoms with Gasteiger partial charge < -0.3 is 10.2 Å². The first-order chi connectivity index (χ1) is 18.2. The maximum Gasteiger partial charge on any atom is 0.240 e. The predicted octanol–water partition coefficient (Wildman–Crippen LogP) is 6.35. The average molecular weight is 502 g/mol. The van der Waals surface area contributed by atoms with Crippen LogP contribution in [0.2, 0.25) is 0 Å². The molecule has 0 radical (unpaired) electrons. The van der Waals surface area contributed by atoms with E-state index in [1.54, 1.807) is 0 Å². The van der Waals surface area contributed by atoms with E-state index in [1.165, 1.54) is 22.3 Å². The SMILES string of the molecule is CC.CC.CCc1ccc(CNC(Cc2ccccc2)C(=O)N2CCN(Cc3ccccc3)CC2)cc1. The fourth-order valence-electron chi connectivity index (χ4n) is 4.42. The minimum Gasteiger partial charge on any atom is -0.339 e. The zero-order chi connectivity index (χ0) is 26.9. The number of nitrogens with one attached hydrogen (secondary N) is 1. The Hall–Kier alpha value is -2.95. The minimum absolute atomic E-state index is 0.211. The van der Waals surface area contributed by atoms with Gasteiger partial charge in [-0.15, -0.1) is 0 Å². The molecule has 1 heterocycles.